The summed E-state index contributed by atoms with van der Waals surface area (Å²) in [6, 6.07) is 6.79. The Hall–Kier alpha value is -1.88. The predicted octanol–water partition coefficient (Wildman–Crippen LogP) is 2.08. The number of aromatic nitrogens is 1. The van der Waals surface area contributed by atoms with Crippen LogP contribution in [0.5, 0.6) is 0 Å². The van der Waals surface area contributed by atoms with Gasteiger partial charge in [-0.05, 0) is 31.0 Å². The number of hydrogen-bond donors (Lipinski definition) is 1. The molecular weight excluding hydrogens is 259 g/mol. The highest BCUT2D eigenvalue weighted by atomic mass is 19.1. The van der Waals surface area contributed by atoms with Gasteiger partial charge < -0.3 is 14.6 Å². The van der Waals surface area contributed by atoms with Gasteiger partial charge in [0.05, 0.1) is 5.52 Å². The topological polar surface area (TPSA) is 43.3 Å². The van der Waals surface area contributed by atoms with Crippen LogP contribution in [0, 0.1) is 5.82 Å². The fourth-order valence-corrected chi connectivity index (χ4v) is 2.59. The molecule has 4 nitrogen and oxygen atoms in total. The minimum atomic E-state index is -0.258. The van der Waals surface area contributed by atoms with Crippen molar-refractivity contribution in [2.45, 2.75) is 25.4 Å². The number of nitrogens with one attached hydrogen (secondary N) is 1. The van der Waals surface area contributed by atoms with Crippen LogP contribution in [-0.2, 0) is 16.1 Å². The fourth-order valence-electron chi connectivity index (χ4n) is 2.59. The van der Waals surface area contributed by atoms with E-state index >= 15 is 0 Å². The summed E-state index contributed by atoms with van der Waals surface area (Å²) in [4.78, 5) is 12.0. The highest BCUT2D eigenvalue weighted by Gasteiger charge is 2.16. The Labute approximate surface area is 116 Å². The molecule has 20 heavy (non-hydrogen) atoms. The Kier molecular flexibility index (Phi) is 3.69. The maximum Gasteiger partial charge on any atom is 0.240 e. The van der Waals surface area contributed by atoms with Crippen LogP contribution >= 0.6 is 0 Å². The van der Waals surface area contributed by atoms with E-state index in [1.165, 1.54) is 6.07 Å². The summed E-state index contributed by atoms with van der Waals surface area (Å²) in [6.45, 7) is 1.61. The van der Waals surface area contributed by atoms with Gasteiger partial charge in [0, 0.05) is 30.8 Å². The minimum Gasteiger partial charge on any atom is -0.381 e. The SMILES string of the molecule is O=C(Cn1ccc2c(F)cccc21)NC1CCOCC1. The van der Waals surface area contributed by atoms with E-state index in [2.05, 4.69) is 5.32 Å². The molecule has 3 rings (SSSR count). The Morgan fingerprint density at radius 3 is 2.95 bits per heavy atom. The van der Waals surface area contributed by atoms with Gasteiger partial charge in [-0.2, -0.15) is 0 Å². The molecule has 0 aliphatic carbocycles. The van der Waals surface area contributed by atoms with Gasteiger partial charge >= 0.3 is 0 Å². The molecule has 1 aromatic carbocycles. The Balaban J connectivity index is 1.69. The van der Waals surface area contributed by atoms with Gasteiger partial charge in [0.25, 0.3) is 0 Å². The normalized spacial score (nSPS) is 16.4. The first kappa shape index (κ1) is 13.1. The van der Waals surface area contributed by atoms with Gasteiger partial charge in [-0.3, -0.25) is 4.79 Å². The molecule has 0 bridgehead atoms. The van der Waals surface area contributed by atoms with Gasteiger partial charge in [0.1, 0.15) is 12.4 Å². The number of hydrogen-bond acceptors (Lipinski definition) is 2. The molecule has 1 amide bonds. The molecule has 1 saturated heterocycles. The number of amides is 1. The van der Waals surface area contributed by atoms with E-state index in [1.807, 2.05) is 6.07 Å². The molecule has 1 aliphatic heterocycles. The molecule has 5 heteroatoms. The van der Waals surface area contributed by atoms with E-state index in [9.17, 15) is 9.18 Å². The average Bonchev–Trinajstić information content (AvgIpc) is 2.84. The third kappa shape index (κ3) is 2.67. The Morgan fingerprint density at radius 1 is 1.35 bits per heavy atom. The number of fused-ring (bicyclic) bond motifs is 1. The maximum absolute atomic E-state index is 13.6. The van der Waals surface area contributed by atoms with Crippen molar-refractivity contribution < 1.29 is 13.9 Å². The van der Waals surface area contributed by atoms with Crippen molar-refractivity contribution in [3.05, 3.63) is 36.3 Å². The van der Waals surface area contributed by atoms with Gasteiger partial charge in [-0.15, -0.1) is 0 Å². The van der Waals surface area contributed by atoms with Crippen molar-refractivity contribution in [2.75, 3.05) is 13.2 Å². The lowest BCUT2D eigenvalue weighted by Gasteiger charge is -2.23. The second-order valence-corrected chi connectivity index (χ2v) is 5.07. The van der Waals surface area contributed by atoms with E-state index in [0.717, 1.165) is 18.4 Å². The molecule has 2 aromatic rings. The van der Waals surface area contributed by atoms with Crippen molar-refractivity contribution in [1.82, 2.24) is 9.88 Å². The van der Waals surface area contributed by atoms with Crippen molar-refractivity contribution in [2.24, 2.45) is 0 Å². The first-order valence-electron chi connectivity index (χ1n) is 6.84. The third-order valence-electron chi connectivity index (χ3n) is 3.66. The number of halogens is 1. The molecule has 1 N–H and O–H groups in total. The van der Waals surface area contributed by atoms with E-state index < -0.39 is 0 Å². The molecule has 1 aromatic heterocycles. The highest BCUT2D eigenvalue weighted by molar-refractivity contribution is 5.83. The average molecular weight is 276 g/mol. The number of rotatable bonds is 3. The first-order valence-corrected chi connectivity index (χ1v) is 6.84. The van der Waals surface area contributed by atoms with E-state index in [-0.39, 0.29) is 24.3 Å². The summed E-state index contributed by atoms with van der Waals surface area (Å²) in [5.74, 6) is -0.301. The summed E-state index contributed by atoms with van der Waals surface area (Å²) in [5.41, 5.74) is 0.743. The molecular formula is C15H17FN2O2. The third-order valence-corrected chi connectivity index (χ3v) is 3.66. The number of carbonyl (C=O) groups is 1. The van der Waals surface area contributed by atoms with Crippen LogP contribution < -0.4 is 5.32 Å². The van der Waals surface area contributed by atoms with Gasteiger partial charge in [0.15, 0.2) is 0 Å². The molecule has 0 atom stereocenters. The number of ether oxygens (including phenoxy) is 1. The van der Waals surface area contributed by atoms with Gasteiger partial charge in [0.2, 0.25) is 5.91 Å². The minimum absolute atomic E-state index is 0.0429. The van der Waals surface area contributed by atoms with Gasteiger partial charge in [-0.25, -0.2) is 4.39 Å². The first-order chi connectivity index (χ1) is 9.74. The van der Waals surface area contributed by atoms with Crippen molar-refractivity contribution in [1.29, 1.82) is 0 Å². The lowest BCUT2D eigenvalue weighted by Crippen LogP contribution is -2.40. The standard InChI is InChI=1S/C15H17FN2O2/c16-13-2-1-3-14-12(13)4-7-18(14)10-15(19)17-11-5-8-20-9-6-11/h1-4,7,11H,5-6,8-10H2,(H,17,19). The molecule has 0 radical (unpaired) electrons. The predicted molar refractivity (Wildman–Crippen MR) is 73.9 cm³/mol. The Morgan fingerprint density at radius 2 is 2.15 bits per heavy atom. The number of benzene rings is 1. The molecule has 0 saturated carbocycles. The molecule has 1 fully saturated rings. The second kappa shape index (κ2) is 5.63. The zero-order valence-corrected chi connectivity index (χ0v) is 11.1. The van der Waals surface area contributed by atoms with E-state index in [4.69, 9.17) is 4.74 Å². The highest BCUT2D eigenvalue weighted by Crippen LogP contribution is 2.18. The zero-order chi connectivity index (χ0) is 13.9. The van der Waals surface area contributed by atoms with E-state index in [1.54, 1.807) is 22.9 Å². The number of nitrogens with zero attached hydrogens (tertiary/aromatic N) is 1. The van der Waals surface area contributed by atoms with Crippen LogP contribution in [0.4, 0.5) is 4.39 Å². The van der Waals surface area contributed by atoms with Crippen molar-refractivity contribution in [3.8, 4) is 0 Å². The van der Waals surface area contributed by atoms with Crippen LogP contribution in [0.25, 0.3) is 10.9 Å². The quantitative estimate of drug-likeness (QED) is 0.932. The van der Waals surface area contributed by atoms with Crippen LogP contribution in [0.1, 0.15) is 12.8 Å². The summed E-state index contributed by atoms with van der Waals surface area (Å²) in [5, 5.41) is 3.55. The second-order valence-electron chi connectivity index (χ2n) is 5.07. The van der Waals surface area contributed by atoms with E-state index in [0.29, 0.717) is 18.6 Å². The van der Waals surface area contributed by atoms with Crippen LogP contribution in [0.3, 0.4) is 0 Å². The van der Waals surface area contributed by atoms with Crippen LogP contribution in [-0.4, -0.2) is 29.7 Å². The number of carbonyl (C=O) groups excluding carboxylic acids is 1. The lowest BCUT2D eigenvalue weighted by atomic mass is 10.1. The van der Waals surface area contributed by atoms with Crippen LogP contribution in [0.15, 0.2) is 30.5 Å². The van der Waals surface area contributed by atoms with Crippen molar-refractivity contribution >= 4 is 16.8 Å². The largest absolute Gasteiger partial charge is 0.381 e. The smallest absolute Gasteiger partial charge is 0.240 e. The van der Waals surface area contributed by atoms with Crippen LogP contribution in [0.2, 0.25) is 0 Å². The summed E-state index contributed by atoms with van der Waals surface area (Å²) in [6.07, 6.45) is 3.46. The summed E-state index contributed by atoms with van der Waals surface area (Å²) >= 11 is 0. The molecule has 0 unspecified atom stereocenters. The Bertz CT molecular complexity index is 617. The maximum atomic E-state index is 13.6. The monoisotopic (exact) mass is 276 g/mol. The lowest BCUT2D eigenvalue weighted by molar-refractivity contribution is -0.122. The fraction of sp³-hybridized carbons (Fsp3) is 0.400. The summed E-state index contributed by atoms with van der Waals surface area (Å²) in [7, 11) is 0. The van der Waals surface area contributed by atoms with Crippen molar-refractivity contribution in [3.63, 3.8) is 0 Å². The molecule has 106 valence electrons. The summed E-state index contributed by atoms with van der Waals surface area (Å²) < 4.78 is 20.6. The molecule has 0 spiro atoms. The van der Waals surface area contributed by atoms with Gasteiger partial charge in [-0.1, -0.05) is 6.07 Å². The molecule has 2 heterocycles. The zero-order valence-electron chi connectivity index (χ0n) is 11.1. The molecule has 1 aliphatic rings.